The van der Waals surface area contributed by atoms with Gasteiger partial charge in [0.1, 0.15) is 0 Å². The van der Waals surface area contributed by atoms with Crippen molar-refractivity contribution in [3.8, 4) is 0 Å². The maximum atomic E-state index is 9.92. The normalized spacial score (nSPS) is 13.3. The lowest BCUT2D eigenvalue weighted by molar-refractivity contribution is 0.150. The molecule has 0 aromatic carbocycles. The average molecular weight is 193 g/mol. The number of nitrogens with zero attached hydrogens (tertiary/aromatic N) is 1. The summed E-state index contributed by atoms with van der Waals surface area (Å²) < 4.78 is 0. The number of hydrogen-bond donors (Lipinski definition) is 1. The monoisotopic (exact) mass is 193 g/mol. The molecule has 0 spiro atoms. The highest BCUT2D eigenvalue weighted by molar-refractivity contribution is 5.23. The molecule has 78 valence electrons. The summed E-state index contributed by atoms with van der Waals surface area (Å²) in [5.74, 6) is 0.505. The summed E-state index contributed by atoms with van der Waals surface area (Å²) in [6, 6.07) is 3.93. The lowest BCUT2D eigenvalue weighted by Gasteiger charge is -2.15. The van der Waals surface area contributed by atoms with Gasteiger partial charge in [0.15, 0.2) is 0 Å². The molecule has 0 aliphatic rings. The van der Waals surface area contributed by atoms with Gasteiger partial charge >= 0.3 is 0 Å². The molecule has 0 fully saturated rings. The molecule has 2 heteroatoms. The molecule has 1 atom stereocenters. The largest absolute Gasteiger partial charge is 0.388 e. The van der Waals surface area contributed by atoms with Crippen molar-refractivity contribution in [2.45, 2.75) is 40.2 Å². The van der Waals surface area contributed by atoms with Gasteiger partial charge in [0.05, 0.1) is 6.10 Å². The van der Waals surface area contributed by atoms with E-state index in [-0.39, 0.29) is 6.10 Å². The molecule has 0 amide bonds. The summed E-state index contributed by atoms with van der Waals surface area (Å²) in [4.78, 5) is 4.34. The molecule has 0 bridgehead atoms. The molecule has 0 saturated carbocycles. The smallest absolute Gasteiger partial charge is 0.0810 e. The highest BCUT2D eigenvalue weighted by Crippen LogP contribution is 2.22. The predicted molar refractivity (Wildman–Crippen MR) is 58.1 cm³/mol. The maximum Gasteiger partial charge on any atom is 0.0810 e. The third-order valence-corrected chi connectivity index (χ3v) is 2.32. The first-order chi connectivity index (χ1) is 6.50. The molecule has 0 aliphatic heterocycles. The van der Waals surface area contributed by atoms with Gasteiger partial charge in [-0.05, 0) is 32.3 Å². The molecule has 1 rings (SSSR count). The molecule has 2 nitrogen and oxygen atoms in total. The summed E-state index contributed by atoms with van der Waals surface area (Å²) in [7, 11) is 0. The second-order valence-corrected chi connectivity index (χ2v) is 4.27. The summed E-state index contributed by atoms with van der Waals surface area (Å²) >= 11 is 0. The first-order valence-electron chi connectivity index (χ1n) is 5.13. The maximum absolute atomic E-state index is 9.92. The van der Waals surface area contributed by atoms with Crippen LogP contribution in [0.4, 0.5) is 0 Å². The minimum absolute atomic E-state index is 0.372. The van der Waals surface area contributed by atoms with Gasteiger partial charge in [-0.1, -0.05) is 19.9 Å². The van der Waals surface area contributed by atoms with Crippen molar-refractivity contribution in [1.82, 2.24) is 4.98 Å². The van der Waals surface area contributed by atoms with Gasteiger partial charge in [-0.25, -0.2) is 0 Å². The molecule has 1 unspecified atom stereocenters. The summed E-state index contributed by atoms with van der Waals surface area (Å²) in [5, 5.41) is 9.92. The Morgan fingerprint density at radius 1 is 1.29 bits per heavy atom. The lowest BCUT2D eigenvalue weighted by atomic mass is 9.98. The molecule has 1 aromatic rings. The van der Waals surface area contributed by atoms with Crippen LogP contribution in [-0.2, 0) is 0 Å². The first kappa shape index (κ1) is 11.2. The Morgan fingerprint density at radius 3 is 2.43 bits per heavy atom. The number of aliphatic hydroxyl groups excluding tert-OH is 1. The van der Waals surface area contributed by atoms with E-state index in [0.717, 1.165) is 23.4 Å². The molecule has 14 heavy (non-hydrogen) atoms. The zero-order chi connectivity index (χ0) is 10.7. The van der Waals surface area contributed by atoms with Gasteiger partial charge in [0, 0.05) is 17.0 Å². The molecular weight excluding hydrogens is 174 g/mol. The molecule has 0 saturated heterocycles. The third-order valence-electron chi connectivity index (χ3n) is 2.32. The Balaban J connectivity index is 2.84. The number of rotatable bonds is 3. The number of aliphatic hydroxyl groups is 1. The van der Waals surface area contributed by atoms with Gasteiger partial charge in [-0.2, -0.15) is 0 Å². The fourth-order valence-electron chi connectivity index (χ4n) is 1.62. The summed E-state index contributed by atoms with van der Waals surface area (Å²) in [5.41, 5.74) is 2.91. The zero-order valence-electron chi connectivity index (χ0n) is 9.41. The average Bonchev–Trinajstić information content (AvgIpc) is 2.01. The summed E-state index contributed by atoms with van der Waals surface area (Å²) in [6.07, 6.45) is 0.425. The number of pyridine rings is 1. The Kier molecular flexibility index (Phi) is 3.64. The highest BCUT2D eigenvalue weighted by Gasteiger charge is 2.12. The Bertz CT molecular complexity index is 307. The quantitative estimate of drug-likeness (QED) is 0.800. The van der Waals surface area contributed by atoms with Gasteiger partial charge in [0.25, 0.3) is 0 Å². The van der Waals surface area contributed by atoms with Crippen molar-refractivity contribution in [2.24, 2.45) is 5.92 Å². The van der Waals surface area contributed by atoms with E-state index in [1.165, 1.54) is 0 Å². The van der Waals surface area contributed by atoms with E-state index in [1.807, 2.05) is 26.0 Å². The van der Waals surface area contributed by atoms with Crippen molar-refractivity contribution in [1.29, 1.82) is 0 Å². The molecule has 0 aliphatic carbocycles. The van der Waals surface area contributed by atoms with Crippen LogP contribution >= 0.6 is 0 Å². The topological polar surface area (TPSA) is 33.1 Å². The van der Waals surface area contributed by atoms with Gasteiger partial charge < -0.3 is 5.11 Å². The van der Waals surface area contributed by atoms with E-state index in [0.29, 0.717) is 5.92 Å². The minimum Gasteiger partial charge on any atom is -0.388 e. The van der Waals surface area contributed by atoms with Crippen molar-refractivity contribution < 1.29 is 5.11 Å². The number of aromatic nitrogens is 1. The van der Waals surface area contributed by atoms with Crippen LogP contribution in [0.2, 0.25) is 0 Å². The fraction of sp³-hybridized carbons (Fsp3) is 0.583. The Morgan fingerprint density at radius 2 is 1.93 bits per heavy atom. The van der Waals surface area contributed by atoms with Crippen molar-refractivity contribution >= 4 is 0 Å². The number of aryl methyl sites for hydroxylation is 2. The molecule has 0 radical (unpaired) electrons. The van der Waals surface area contributed by atoms with Crippen molar-refractivity contribution in [2.75, 3.05) is 0 Å². The van der Waals surface area contributed by atoms with Crippen LogP contribution in [0.3, 0.4) is 0 Å². The number of hydrogen-bond acceptors (Lipinski definition) is 2. The fourth-order valence-corrected chi connectivity index (χ4v) is 1.62. The van der Waals surface area contributed by atoms with Gasteiger partial charge in [-0.3, -0.25) is 4.98 Å². The first-order valence-corrected chi connectivity index (χ1v) is 5.13. The standard InChI is InChI=1S/C12H19NO/c1-8(2)7-12(14)11-6-5-9(3)13-10(11)4/h5-6,8,12,14H,7H2,1-4H3. The van der Waals surface area contributed by atoms with Crippen LogP contribution in [0.25, 0.3) is 0 Å². The van der Waals surface area contributed by atoms with Crippen molar-refractivity contribution in [3.63, 3.8) is 0 Å². The zero-order valence-corrected chi connectivity index (χ0v) is 9.41. The van der Waals surface area contributed by atoms with E-state index in [2.05, 4.69) is 18.8 Å². The third kappa shape index (κ3) is 2.81. The highest BCUT2D eigenvalue weighted by atomic mass is 16.3. The van der Waals surface area contributed by atoms with Crippen molar-refractivity contribution in [3.05, 3.63) is 29.1 Å². The van der Waals surface area contributed by atoms with E-state index in [4.69, 9.17) is 0 Å². The van der Waals surface area contributed by atoms with E-state index < -0.39 is 0 Å². The van der Waals surface area contributed by atoms with Crippen LogP contribution in [0.5, 0.6) is 0 Å². The Hall–Kier alpha value is -0.890. The minimum atomic E-state index is -0.372. The van der Waals surface area contributed by atoms with Crippen LogP contribution in [-0.4, -0.2) is 10.1 Å². The molecular formula is C12H19NO. The predicted octanol–water partition coefficient (Wildman–Crippen LogP) is 2.78. The molecule has 1 N–H and O–H groups in total. The second kappa shape index (κ2) is 4.56. The molecule has 1 heterocycles. The van der Waals surface area contributed by atoms with Gasteiger partial charge in [0.2, 0.25) is 0 Å². The second-order valence-electron chi connectivity index (χ2n) is 4.27. The van der Waals surface area contributed by atoms with Crippen LogP contribution in [0, 0.1) is 19.8 Å². The SMILES string of the molecule is Cc1ccc(C(O)CC(C)C)c(C)n1. The Labute approximate surface area is 86.0 Å². The van der Waals surface area contributed by atoms with E-state index in [1.54, 1.807) is 0 Å². The van der Waals surface area contributed by atoms with E-state index in [9.17, 15) is 5.11 Å². The molecule has 1 aromatic heterocycles. The van der Waals surface area contributed by atoms with E-state index >= 15 is 0 Å². The summed E-state index contributed by atoms with van der Waals surface area (Å²) in [6.45, 7) is 8.14. The van der Waals surface area contributed by atoms with Crippen LogP contribution in [0.15, 0.2) is 12.1 Å². The lowest BCUT2D eigenvalue weighted by Crippen LogP contribution is -2.05. The van der Waals surface area contributed by atoms with Crippen LogP contribution < -0.4 is 0 Å². The van der Waals surface area contributed by atoms with Gasteiger partial charge in [-0.15, -0.1) is 0 Å². The van der Waals surface area contributed by atoms with Crippen LogP contribution in [0.1, 0.15) is 43.3 Å².